The molecule has 0 radical (unpaired) electrons. The van der Waals surface area contributed by atoms with E-state index in [4.69, 9.17) is 21.1 Å². The molecule has 3 aromatic rings. The van der Waals surface area contributed by atoms with Crippen molar-refractivity contribution in [1.82, 2.24) is 9.55 Å². The van der Waals surface area contributed by atoms with Gasteiger partial charge in [0.15, 0.2) is 16.7 Å². The maximum atomic E-state index is 14.5. The molecule has 0 saturated heterocycles. The highest BCUT2D eigenvalue weighted by Crippen LogP contribution is 2.34. The fourth-order valence-electron chi connectivity index (χ4n) is 2.81. The van der Waals surface area contributed by atoms with Gasteiger partial charge in [-0.1, -0.05) is 31.2 Å². The Morgan fingerprint density at radius 2 is 1.94 bits per heavy atom. The van der Waals surface area contributed by atoms with Crippen molar-refractivity contribution in [3.05, 3.63) is 52.8 Å². The molecule has 2 heterocycles. The fourth-order valence-corrected chi connectivity index (χ4v) is 3.74. The van der Waals surface area contributed by atoms with Gasteiger partial charge in [0.25, 0.3) is 0 Å². The Balaban J connectivity index is 1.88. The summed E-state index contributed by atoms with van der Waals surface area (Å²) in [6, 6.07) is 5.68. The Hall–Kier alpha value is -2.49. The van der Waals surface area contributed by atoms with Crippen LogP contribution >= 0.6 is 11.6 Å². The molecule has 31 heavy (non-hydrogen) atoms. The van der Waals surface area contributed by atoms with Gasteiger partial charge in [-0.25, -0.2) is 18.6 Å². The lowest BCUT2D eigenvalue weighted by molar-refractivity contribution is 0.0598. The predicted molar refractivity (Wildman–Crippen MR) is 117 cm³/mol. The van der Waals surface area contributed by atoms with Crippen LogP contribution in [0.3, 0.4) is 0 Å². The quantitative estimate of drug-likeness (QED) is 0.179. The second kappa shape index (κ2) is 9.33. The molecule has 0 aliphatic heterocycles. The molecule has 166 valence electrons. The molecule has 0 atom stereocenters. The molecular formula is C21H23ClF2N2O4Si. The lowest BCUT2D eigenvalue weighted by Gasteiger charge is -2.15. The Morgan fingerprint density at radius 3 is 2.61 bits per heavy atom. The van der Waals surface area contributed by atoms with Crippen LogP contribution in [0.15, 0.2) is 30.5 Å². The van der Waals surface area contributed by atoms with Gasteiger partial charge in [0.2, 0.25) is 0 Å². The standard InChI is InChI=1S/C21H23ClF2N2O4Si/c1-28-21(27)14-6-5-13(23)9-17(14)30-18-10-15-16(24)11-26(20(15)25-19(18)22)12-29-7-8-31(2,3)4/h5-6,9-11H,7-8,12H2,1-4H3. The number of nitrogens with zero attached hydrogens (tertiary/aromatic N) is 2. The van der Waals surface area contributed by atoms with Crippen LogP contribution in [0.4, 0.5) is 8.78 Å². The van der Waals surface area contributed by atoms with E-state index in [2.05, 4.69) is 29.4 Å². The number of ether oxygens (including phenoxy) is 3. The van der Waals surface area contributed by atoms with Crippen LogP contribution in [0, 0.1) is 11.6 Å². The van der Waals surface area contributed by atoms with E-state index < -0.39 is 25.7 Å². The molecule has 3 rings (SSSR count). The first kappa shape index (κ1) is 23.2. The lowest BCUT2D eigenvalue weighted by Crippen LogP contribution is -2.22. The van der Waals surface area contributed by atoms with Crippen LogP contribution in [-0.2, 0) is 16.2 Å². The SMILES string of the molecule is COC(=O)c1ccc(F)cc1Oc1cc2c(F)cn(COCC[Si](C)(C)C)c2nc1Cl. The molecule has 1 aromatic carbocycles. The average molecular weight is 469 g/mol. The summed E-state index contributed by atoms with van der Waals surface area (Å²) in [6.07, 6.45) is 1.27. The number of hydrogen-bond acceptors (Lipinski definition) is 5. The van der Waals surface area contributed by atoms with E-state index in [-0.39, 0.29) is 40.0 Å². The van der Waals surface area contributed by atoms with Crippen LogP contribution < -0.4 is 4.74 Å². The zero-order chi connectivity index (χ0) is 22.8. The summed E-state index contributed by atoms with van der Waals surface area (Å²) < 4.78 is 45.7. The highest BCUT2D eigenvalue weighted by molar-refractivity contribution is 6.76. The number of halogens is 3. The van der Waals surface area contributed by atoms with Gasteiger partial charge in [0, 0.05) is 26.9 Å². The molecule has 10 heteroatoms. The number of carbonyl (C=O) groups excluding carboxylic acids is 1. The molecule has 0 aliphatic carbocycles. The molecule has 0 fully saturated rings. The third-order valence-corrected chi connectivity index (χ3v) is 6.49. The van der Waals surface area contributed by atoms with Crippen molar-refractivity contribution in [2.45, 2.75) is 32.4 Å². The molecule has 0 N–H and O–H groups in total. The Labute approximate surface area is 184 Å². The highest BCUT2D eigenvalue weighted by atomic mass is 35.5. The van der Waals surface area contributed by atoms with Gasteiger partial charge in [-0.05, 0) is 24.2 Å². The number of rotatable bonds is 8. The minimum atomic E-state index is -1.24. The largest absolute Gasteiger partial charge is 0.465 e. The highest BCUT2D eigenvalue weighted by Gasteiger charge is 2.19. The van der Waals surface area contributed by atoms with Gasteiger partial charge in [0.1, 0.15) is 29.5 Å². The van der Waals surface area contributed by atoms with Gasteiger partial charge < -0.3 is 18.8 Å². The van der Waals surface area contributed by atoms with Crippen LogP contribution in [0.25, 0.3) is 11.0 Å². The summed E-state index contributed by atoms with van der Waals surface area (Å²) in [6.45, 7) is 7.43. The fraction of sp³-hybridized carbons (Fsp3) is 0.333. The maximum absolute atomic E-state index is 14.5. The molecule has 6 nitrogen and oxygen atoms in total. The van der Waals surface area contributed by atoms with Crippen LogP contribution in [0.5, 0.6) is 11.5 Å². The number of methoxy groups -OCH3 is 1. The second-order valence-corrected chi connectivity index (χ2v) is 14.2. The Kier molecular flexibility index (Phi) is 6.98. The lowest BCUT2D eigenvalue weighted by atomic mass is 10.2. The summed E-state index contributed by atoms with van der Waals surface area (Å²) in [4.78, 5) is 16.1. The van der Waals surface area contributed by atoms with Crippen molar-refractivity contribution < 1.29 is 27.8 Å². The molecular weight excluding hydrogens is 446 g/mol. The summed E-state index contributed by atoms with van der Waals surface area (Å²) in [5, 5.41) is 0.0817. The topological polar surface area (TPSA) is 62.6 Å². The van der Waals surface area contributed by atoms with E-state index in [1.54, 1.807) is 0 Å². The van der Waals surface area contributed by atoms with Gasteiger partial charge >= 0.3 is 5.97 Å². The van der Waals surface area contributed by atoms with Crippen molar-refractivity contribution in [3.63, 3.8) is 0 Å². The first-order chi connectivity index (χ1) is 14.6. The number of hydrogen-bond donors (Lipinski definition) is 0. The van der Waals surface area contributed by atoms with E-state index in [1.165, 1.54) is 30.0 Å². The van der Waals surface area contributed by atoms with E-state index in [0.29, 0.717) is 6.61 Å². The molecule has 2 aromatic heterocycles. The Bertz CT molecular complexity index is 1110. The molecule has 0 saturated carbocycles. The summed E-state index contributed by atoms with van der Waals surface area (Å²) in [5.74, 6) is -2.02. The zero-order valence-electron chi connectivity index (χ0n) is 17.7. The van der Waals surface area contributed by atoms with Crippen LogP contribution in [0.1, 0.15) is 10.4 Å². The van der Waals surface area contributed by atoms with E-state index in [0.717, 1.165) is 18.2 Å². The zero-order valence-corrected chi connectivity index (χ0v) is 19.4. The van der Waals surface area contributed by atoms with E-state index in [1.807, 2.05) is 0 Å². The van der Waals surface area contributed by atoms with Gasteiger partial charge in [-0.15, -0.1) is 0 Å². The van der Waals surface area contributed by atoms with E-state index >= 15 is 0 Å². The third kappa shape index (κ3) is 5.60. The summed E-state index contributed by atoms with van der Waals surface area (Å²) >= 11 is 6.24. The van der Waals surface area contributed by atoms with Gasteiger partial charge in [0.05, 0.1) is 12.5 Å². The van der Waals surface area contributed by atoms with Gasteiger partial charge in [-0.2, -0.15) is 0 Å². The number of aromatic nitrogens is 2. The Morgan fingerprint density at radius 1 is 1.19 bits per heavy atom. The number of fused-ring (bicyclic) bond motifs is 1. The summed E-state index contributed by atoms with van der Waals surface area (Å²) in [7, 11) is -0.0441. The van der Waals surface area contributed by atoms with E-state index in [9.17, 15) is 13.6 Å². The number of esters is 1. The van der Waals surface area contributed by atoms with Gasteiger partial charge in [-0.3, -0.25) is 0 Å². The van der Waals surface area contributed by atoms with Crippen molar-refractivity contribution in [2.24, 2.45) is 0 Å². The molecule has 0 amide bonds. The number of benzene rings is 1. The van der Waals surface area contributed by atoms with Crippen LogP contribution in [-0.4, -0.2) is 37.3 Å². The first-order valence-electron chi connectivity index (χ1n) is 9.57. The molecule has 0 spiro atoms. The number of pyridine rings is 1. The molecule has 0 aliphatic rings. The van der Waals surface area contributed by atoms with Crippen molar-refractivity contribution >= 4 is 36.7 Å². The predicted octanol–water partition coefficient (Wildman–Crippen LogP) is 5.86. The number of carbonyl (C=O) groups is 1. The maximum Gasteiger partial charge on any atom is 0.341 e. The summed E-state index contributed by atoms with van der Waals surface area (Å²) in [5.41, 5.74) is 0.282. The molecule has 0 unspecified atom stereocenters. The smallest absolute Gasteiger partial charge is 0.341 e. The monoisotopic (exact) mass is 468 g/mol. The van der Waals surface area contributed by atoms with Crippen molar-refractivity contribution in [2.75, 3.05) is 13.7 Å². The van der Waals surface area contributed by atoms with Crippen molar-refractivity contribution in [3.8, 4) is 11.5 Å². The minimum absolute atomic E-state index is 0.00564. The van der Waals surface area contributed by atoms with Crippen LogP contribution in [0.2, 0.25) is 30.8 Å². The second-order valence-electron chi connectivity index (χ2n) is 8.18. The third-order valence-electron chi connectivity index (χ3n) is 4.52. The minimum Gasteiger partial charge on any atom is -0.465 e. The first-order valence-corrected chi connectivity index (χ1v) is 13.7. The van der Waals surface area contributed by atoms with Crippen molar-refractivity contribution in [1.29, 1.82) is 0 Å². The average Bonchev–Trinajstić information content (AvgIpc) is 2.99. The normalized spacial score (nSPS) is 11.7. The molecule has 0 bridgehead atoms.